The Morgan fingerprint density at radius 2 is 1.80 bits per heavy atom. The van der Waals surface area contributed by atoms with E-state index in [1.165, 1.54) is 0 Å². The van der Waals surface area contributed by atoms with Crippen molar-refractivity contribution in [3.8, 4) is 0 Å². The molecule has 62 valence electrons. The molecule has 10 heavy (non-hydrogen) atoms. The maximum Gasteiger partial charge on any atom is 0.309 e. The molecule has 0 bridgehead atoms. The van der Waals surface area contributed by atoms with Crippen LogP contribution in [0.25, 0.3) is 0 Å². The fourth-order valence-electron chi connectivity index (χ4n) is 0.512. The van der Waals surface area contributed by atoms with Gasteiger partial charge in [-0.2, -0.15) is 0 Å². The highest BCUT2D eigenvalue weighted by Gasteiger charge is 2.35. The van der Waals surface area contributed by atoms with E-state index in [9.17, 15) is 0 Å². The summed E-state index contributed by atoms with van der Waals surface area (Å²) in [7, 11) is -3.37. The van der Waals surface area contributed by atoms with Gasteiger partial charge in [0.05, 0.1) is 0 Å². The van der Waals surface area contributed by atoms with Crippen LogP contribution >= 0.6 is 34.3 Å². The van der Waals surface area contributed by atoms with Crippen LogP contribution in [0, 0.1) is 0 Å². The summed E-state index contributed by atoms with van der Waals surface area (Å²) in [5.41, 5.74) is 0. The summed E-state index contributed by atoms with van der Waals surface area (Å²) < 4.78 is 4.94. The molecule has 0 fully saturated rings. The molecule has 0 aliphatic heterocycles. The van der Waals surface area contributed by atoms with Crippen LogP contribution < -0.4 is 0 Å². The second-order valence-electron chi connectivity index (χ2n) is 2.45. The number of hydrogen-bond donors (Lipinski definition) is 0. The van der Waals surface area contributed by atoms with Crippen molar-refractivity contribution in [1.29, 1.82) is 0 Å². The van der Waals surface area contributed by atoms with Crippen molar-refractivity contribution in [2.45, 2.75) is 24.1 Å². The van der Waals surface area contributed by atoms with E-state index in [1.54, 1.807) is 0 Å². The van der Waals surface area contributed by atoms with Crippen molar-refractivity contribution in [2.24, 2.45) is 0 Å². The first-order valence-electron chi connectivity index (χ1n) is 3.01. The lowest BCUT2D eigenvalue weighted by Crippen LogP contribution is -2.39. The molecule has 0 saturated heterocycles. The van der Waals surface area contributed by atoms with Gasteiger partial charge in [-0.3, -0.25) is 0 Å². The first kappa shape index (κ1) is 11.3. The van der Waals surface area contributed by atoms with Crippen LogP contribution in [0.3, 0.4) is 0 Å². The van der Waals surface area contributed by atoms with Crippen LogP contribution in [0.2, 0.25) is 19.6 Å². The van der Waals surface area contributed by atoms with Crippen LogP contribution in [0.4, 0.5) is 0 Å². The minimum absolute atomic E-state index is 0.538. The molecule has 0 radical (unpaired) electrons. The van der Waals surface area contributed by atoms with E-state index in [4.69, 9.17) is 38.4 Å². The molecule has 6 heteroatoms. The molecule has 0 heterocycles. The molecule has 0 aliphatic rings. The molecule has 1 nitrogen and oxygen atoms in total. The zero-order chi connectivity index (χ0) is 8.36. The third kappa shape index (κ3) is 4.21. The Hall–Kier alpha value is 1.26. The summed E-state index contributed by atoms with van der Waals surface area (Å²) in [6.07, 6.45) is 0. The molecule has 0 N–H and O–H groups in total. The van der Waals surface area contributed by atoms with Crippen molar-refractivity contribution < 1.29 is 4.12 Å². The lowest BCUT2D eigenvalue weighted by Gasteiger charge is -2.23. The van der Waals surface area contributed by atoms with E-state index in [-0.39, 0.29) is 0 Å². The van der Waals surface area contributed by atoms with Gasteiger partial charge in [0.1, 0.15) is 4.46 Å². The molecular weight excluding hydrogens is 227 g/mol. The third-order valence-corrected chi connectivity index (χ3v) is 9.99. The highest BCUT2D eigenvalue weighted by atomic mass is 35.6. The van der Waals surface area contributed by atoms with Gasteiger partial charge in [-0.15, -0.1) is 34.3 Å². The average molecular weight is 238 g/mol. The van der Waals surface area contributed by atoms with Gasteiger partial charge in [-0.05, 0) is 19.6 Å². The predicted molar refractivity (Wildman–Crippen MR) is 52.9 cm³/mol. The molecule has 1 atom stereocenters. The number of hydrogen-bond acceptors (Lipinski definition) is 1. The number of alkyl halides is 2. The summed E-state index contributed by atoms with van der Waals surface area (Å²) >= 11 is 17.2. The SMILES string of the molecule is C[SiH](C)O[Si](C)(Cl)C(Cl)Cl. The van der Waals surface area contributed by atoms with Crippen molar-refractivity contribution in [1.82, 2.24) is 0 Å². The van der Waals surface area contributed by atoms with E-state index in [0.717, 1.165) is 0 Å². The summed E-state index contributed by atoms with van der Waals surface area (Å²) in [5.74, 6) is 0. The van der Waals surface area contributed by atoms with Crippen molar-refractivity contribution in [3.63, 3.8) is 0 Å². The molecule has 0 aliphatic carbocycles. The molecule has 0 spiro atoms. The zero-order valence-corrected chi connectivity index (χ0v) is 10.6. The van der Waals surface area contributed by atoms with E-state index < -0.39 is 21.1 Å². The monoisotopic (exact) mass is 236 g/mol. The molecule has 0 aromatic carbocycles. The van der Waals surface area contributed by atoms with Crippen molar-refractivity contribution in [3.05, 3.63) is 0 Å². The average Bonchev–Trinajstić information content (AvgIpc) is 1.60. The van der Waals surface area contributed by atoms with Gasteiger partial charge in [0, 0.05) is 0 Å². The Bertz CT molecular complexity index is 107. The molecule has 0 aromatic rings. The zero-order valence-electron chi connectivity index (χ0n) is 6.20. The smallest absolute Gasteiger partial charge is 0.309 e. The molecular formula is C4H11Cl3OSi2. The second-order valence-corrected chi connectivity index (χ2v) is 12.1. The van der Waals surface area contributed by atoms with Crippen LogP contribution in [0.1, 0.15) is 0 Å². The van der Waals surface area contributed by atoms with E-state index in [2.05, 4.69) is 0 Å². The Balaban J connectivity index is 3.87. The Kier molecular flexibility index (Phi) is 4.88. The van der Waals surface area contributed by atoms with Crippen LogP contribution in [0.5, 0.6) is 0 Å². The molecule has 0 rings (SSSR count). The molecule has 0 saturated carbocycles. The first-order valence-corrected chi connectivity index (χ1v) is 10.2. The largest absolute Gasteiger partial charge is 0.446 e. The fraction of sp³-hybridized carbons (Fsp3) is 1.00. The van der Waals surface area contributed by atoms with Crippen LogP contribution in [0.15, 0.2) is 0 Å². The lowest BCUT2D eigenvalue weighted by atomic mass is 11.8. The molecule has 1 unspecified atom stereocenters. The van der Waals surface area contributed by atoms with Gasteiger partial charge in [0.2, 0.25) is 0 Å². The van der Waals surface area contributed by atoms with E-state index in [1.807, 2.05) is 19.6 Å². The standard InChI is InChI=1S/C4H11Cl3OSi2/c1-9(2)8-10(3,7)4(5)6/h4,9H,1-3H3. The Morgan fingerprint density at radius 1 is 1.40 bits per heavy atom. The van der Waals surface area contributed by atoms with Gasteiger partial charge in [0.15, 0.2) is 9.04 Å². The lowest BCUT2D eigenvalue weighted by molar-refractivity contribution is 0.594. The minimum Gasteiger partial charge on any atom is -0.446 e. The Morgan fingerprint density at radius 3 is 1.90 bits per heavy atom. The normalized spacial score (nSPS) is 18.0. The number of rotatable bonds is 3. The topological polar surface area (TPSA) is 9.23 Å². The fourth-order valence-corrected chi connectivity index (χ4v) is 7.14. The number of halogens is 3. The second kappa shape index (κ2) is 4.33. The highest BCUT2D eigenvalue weighted by Crippen LogP contribution is 2.24. The van der Waals surface area contributed by atoms with Crippen LogP contribution in [-0.2, 0) is 4.12 Å². The Labute approximate surface area is 79.2 Å². The van der Waals surface area contributed by atoms with Crippen LogP contribution in [-0.4, -0.2) is 21.1 Å². The quantitative estimate of drug-likeness (QED) is 0.417. The maximum absolute atomic E-state index is 5.95. The maximum atomic E-state index is 5.95. The van der Waals surface area contributed by atoms with Gasteiger partial charge in [-0.25, -0.2) is 0 Å². The highest BCUT2D eigenvalue weighted by molar-refractivity contribution is 7.23. The summed E-state index contributed by atoms with van der Waals surface area (Å²) in [6.45, 7) is 5.90. The molecule has 0 aromatic heterocycles. The minimum atomic E-state index is -2.28. The summed E-state index contributed by atoms with van der Waals surface area (Å²) in [4.78, 5) is 0. The van der Waals surface area contributed by atoms with Gasteiger partial charge >= 0.3 is 7.63 Å². The third-order valence-electron chi connectivity index (χ3n) is 0.856. The first-order chi connectivity index (χ1) is 4.36. The van der Waals surface area contributed by atoms with Gasteiger partial charge in [-0.1, -0.05) is 0 Å². The van der Waals surface area contributed by atoms with E-state index >= 15 is 0 Å². The van der Waals surface area contributed by atoms with E-state index in [0.29, 0.717) is 0 Å². The van der Waals surface area contributed by atoms with Crippen molar-refractivity contribution in [2.75, 3.05) is 0 Å². The molecule has 0 amide bonds. The predicted octanol–water partition coefficient (Wildman–Crippen LogP) is 2.64. The van der Waals surface area contributed by atoms with Gasteiger partial charge in [0.25, 0.3) is 0 Å². The summed E-state index contributed by atoms with van der Waals surface area (Å²) in [5, 5.41) is 0. The van der Waals surface area contributed by atoms with Gasteiger partial charge < -0.3 is 4.12 Å². The summed E-state index contributed by atoms with van der Waals surface area (Å²) in [6, 6.07) is 0. The van der Waals surface area contributed by atoms with Crippen molar-refractivity contribution >= 4 is 50.9 Å².